The minimum Gasteiger partial charge on any atom is -0.382 e. The van der Waals surface area contributed by atoms with E-state index in [-0.39, 0.29) is 18.4 Å². The predicted octanol–water partition coefficient (Wildman–Crippen LogP) is 4.66. The average Bonchev–Trinajstić information content (AvgIpc) is 2.98. The number of hydrogen-bond acceptors (Lipinski definition) is 8. The summed E-state index contributed by atoms with van der Waals surface area (Å²) in [6, 6.07) is 6.21. The van der Waals surface area contributed by atoms with Gasteiger partial charge < -0.3 is 9.47 Å². The molecule has 3 unspecified atom stereocenters. The fourth-order valence-corrected chi connectivity index (χ4v) is 4.77. The van der Waals surface area contributed by atoms with Gasteiger partial charge in [-0.15, -0.1) is 0 Å². The second kappa shape index (κ2) is 9.64. The molecule has 1 fully saturated rings. The van der Waals surface area contributed by atoms with Gasteiger partial charge in [0, 0.05) is 26.7 Å². The minimum absolute atomic E-state index is 0.0981. The maximum Gasteiger partial charge on any atom is 0.475 e. The van der Waals surface area contributed by atoms with E-state index in [0.29, 0.717) is 12.0 Å². The van der Waals surface area contributed by atoms with Crippen LogP contribution in [0.1, 0.15) is 45.8 Å². The normalized spacial score (nSPS) is 25.5. The largest absolute Gasteiger partial charge is 0.475 e. The third-order valence-corrected chi connectivity index (χ3v) is 6.09. The lowest BCUT2D eigenvalue weighted by Crippen LogP contribution is -2.29. The first kappa shape index (κ1) is 23.9. The van der Waals surface area contributed by atoms with E-state index in [0.717, 1.165) is 0 Å². The number of benzene rings is 1. The Labute approximate surface area is 171 Å². The molecule has 1 heterocycles. The fraction of sp³-hybridized carbons (Fsp3) is 0.684. The lowest BCUT2D eigenvalue weighted by molar-refractivity contribution is -0.386. The summed E-state index contributed by atoms with van der Waals surface area (Å²) < 4.78 is 41.0. The van der Waals surface area contributed by atoms with Gasteiger partial charge in [-0.1, -0.05) is 32.9 Å². The van der Waals surface area contributed by atoms with Crippen molar-refractivity contribution in [3.63, 3.8) is 0 Å². The summed E-state index contributed by atoms with van der Waals surface area (Å²) in [5.74, 6) is 0. The van der Waals surface area contributed by atoms with Crippen molar-refractivity contribution in [2.45, 2.75) is 58.5 Å². The van der Waals surface area contributed by atoms with Crippen molar-refractivity contribution in [3.05, 3.63) is 39.9 Å². The topological polar surface area (TPSA) is 106 Å². The number of phosphoric acid groups is 1. The van der Waals surface area contributed by atoms with Crippen molar-refractivity contribution in [2.75, 3.05) is 20.8 Å². The Bertz CT molecular complexity index is 750. The Kier molecular flexibility index (Phi) is 7.95. The first-order valence-corrected chi connectivity index (χ1v) is 10.9. The Morgan fingerprint density at radius 1 is 1.31 bits per heavy atom. The van der Waals surface area contributed by atoms with Crippen LogP contribution in [0.15, 0.2) is 24.3 Å². The summed E-state index contributed by atoms with van der Waals surface area (Å²) in [5.41, 5.74) is -0.449. The van der Waals surface area contributed by atoms with Crippen molar-refractivity contribution in [1.29, 1.82) is 0 Å². The van der Waals surface area contributed by atoms with Gasteiger partial charge in [-0.2, -0.15) is 0 Å². The van der Waals surface area contributed by atoms with E-state index >= 15 is 0 Å². The summed E-state index contributed by atoms with van der Waals surface area (Å²) >= 11 is 0. The first-order valence-electron chi connectivity index (χ1n) is 9.41. The quantitative estimate of drug-likeness (QED) is 0.316. The number of phosphoric ester groups is 1. The fourth-order valence-electron chi connectivity index (χ4n) is 3.31. The third-order valence-electron chi connectivity index (χ3n) is 4.64. The molecule has 1 aromatic rings. The van der Waals surface area contributed by atoms with Crippen LogP contribution >= 0.6 is 7.82 Å². The van der Waals surface area contributed by atoms with Gasteiger partial charge in [0.1, 0.15) is 18.3 Å². The lowest BCUT2D eigenvalue weighted by atomic mass is 9.84. The van der Waals surface area contributed by atoms with E-state index in [1.54, 1.807) is 25.3 Å². The highest BCUT2D eigenvalue weighted by atomic mass is 31.2. The molecule has 9 nitrogen and oxygen atoms in total. The summed E-state index contributed by atoms with van der Waals surface area (Å²) in [6.07, 6.45) is -1.48. The number of methoxy groups -OCH3 is 1. The zero-order valence-electron chi connectivity index (χ0n) is 17.7. The molecule has 0 amide bonds. The Morgan fingerprint density at radius 3 is 2.52 bits per heavy atom. The first-order chi connectivity index (χ1) is 13.5. The van der Waals surface area contributed by atoms with Crippen LogP contribution in [-0.2, 0) is 27.6 Å². The molecule has 5 atom stereocenters. The maximum atomic E-state index is 13.4. The molecule has 1 saturated heterocycles. The average molecular weight is 431 g/mol. The molecule has 0 saturated carbocycles. The molecule has 0 N–H and O–H groups in total. The van der Waals surface area contributed by atoms with Crippen LogP contribution in [0.25, 0.3) is 0 Å². The molecule has 164 valence electrons. The van der Waals surface area contributed by atoms with Crippen molar-refractivity contribution >= 4 is 13.5 Å². The smallest absolute Gasteiger partial charge is 0.382 e. The predicted molar refractivity (Wildman–Crippen MR) is 107 cm³/mol. The summed E-state index contributed by atoms with van der Waals surface area (Å²) in [6.45, 7) is 7.66. The van der Waals surface area contributed by atoms with Crippen molar-refractivity contribution in [3.8, 4) is 0 Å². The third kappa shape index (κ3) is 6.07. The van der Waals surface area contributed by atoms with E-state index in [2.05, 4.69) is 0 Å². The van der Waals surface area contributed by atoms with Gasteiger partial charge in [0.05, 0.1) is 23.2 Å². The van der Waals surface area contributed by atoms with Crippen molar-refractivity contribution in [2.24, 2.45) is 5.41 Å². The van der Waals surface area contributed by atoms with E-state index in [9.17, 15) is 14.7 Å². The van der Waals surface area contributed by atoms with E-state index in [4.69, 9.17) is 23.0 Å². The number of nitro groups is 1. The number of nitro benzene ring substituents is 1. The molecule has 0 spiro atoms. The van der Waals surface area contributed by atoms with Gasteiger partial charge in [0.15, 0.2) is 0 Å². The maximum absolute atomic E-state index is 13.4. The number of hydrogen-bond donors (Lipinski definition) is 0. The number of ether oxygens (including phenoxy) is 2. The Balaban J connectivity index is 2.33. The van der Waals surface area contributed by atoms with Crippen LogP contribution in [-0.4, -0.2) is 44.1 Å². The van der Waals surface area contributed by atoms with Gasteiger partial charge in [-0.3, -0.25) is 23.7 Å². The minimum atomic E-state index is -4.06. The van der Waals surface area contributed by atoms with Crippen LogP contribution in [0.2, 0.25) is 0 Å². The van der Waals surface area contributed by atoms with Crippen LogP contribution in [0, 0.1) is 15.5 Å². The second-order valence-corrected chi connectivity index (χ2v) is 9.80. The molecule has 1 aliphatic rings. The van der Waals surface area contributed by atoms with E-state index in [1.165, 1.54) is 13.2 Å². The Hall–Kier alpha value is -1.35. The SMILES string of the molecule is COC[C@H]1O[C@@H](C)CC1OP(=O)(OC)OC(c1ccccc1[N+](=O)[O-])C(C)(C)C. The molecular formula is C19H30NO8P. The van der Waals surface area contributed by atoms with Gasteiger partial charge in [-0.25, -0.2) is 4.57 Å². The van der Waals surface area contributed by atoms with E-state index in [1.807, 2.05) is 27.7 Å². The van der Waals surface area contributed by atoms with E-state index < -0.39 is 36.5 Å². The molecule has 29 heavy (non-hydrogen) atoms. The molecule has 1 aromatic carbocycles. The van der Waals surface area contributed by atoms with Crippen LogP contribution in [0.5, 0.6) is 0 Å². The summed E-state index contributed by atoms with van der Waals surface area (Å²) in [7, 11) is -1.29. The lowest BCUT2D eigenvalue weighted by Gasteiger charge is -2.33. The van der Waals surface area contributed by atoms with Gasteiger partial charge in [0.25, 0.3) is 5.69 Å². The number of rotatable bonds is 9. The highest BCUT2D eigenvalue weighted by molar-refractivity contribution is 7.48. The van der Waals surface area contributed by atoms with Gasteiger partial charge in [-0.05, 0) is 18.4 Å². The molecule has 0 aliphatic carbocycles. The standard InChI is InChI=1S/C19H30NO8P/c1-13-11-16(17(26-13)12-24-5)27-29(23,25-6)28-18(19(2,3)4)14-9-7-8-10-15(14)20(21)22/h7-10,13,16-18H,11-12H2,1-6H3/t13-,16?,17+,18?,29?/m0/s1. The summed E-state index contributed by atoms with van der Waals surface area (Å²) in [4.78, 5) is 11.0. The Morgan fingerprint density at radius 2 is 1.97 bits per heavy atom. The number of nitrogens with zero attached hydrogens (tertiary/aromatic N) is 1. The zero-order valence-corrected chi connectivity index (χ0v) is 18.6. The second-order valence-electron chi connectivity index (χ2n) is 8.12. The number of para-hydroxylation sites is 1. The molecule has 0 bridgehead atoms. The highest BCUT2D eigenvalue weighted by Gasteiger charge is 2.44. The van der Waals surface area contributed by atoms with Gasteiger partial charge >= 0.3 is 7.82 Å². The molecular weight excluding hydrogens is 401 g/mol. The molecule has 0 radical (unpaired) electrons. The van der Waals surface area contributed by atoms with Crippen LogP contribution in [0.4, 0.5) is 5.69 Å². The van der Waals surface area contributed by atoms with Crippen LogP contribution in [0.3, 0.4) is 0 Å². The summed E-state index contributed by atoms with van der Waals surface area (Å²) in [5, 5.41) is 11.5. The molecule has 10 heteroatoms. The molecule has 1 aliphatic heterocycles. The van der Waals surface area contributed by atoms with Crippen molar-refractivity contribution < 1.29 is 32.5 Å². The zero-order chi connectivity index (χ0) is 21.8. The van der Waals surface area contributed by atoms with Crippen molar-refractivity contribution in [1.82, 2.24) is 0 Å². The highest BCUT2D eigenvalue weighted by Crippen LogP contribution is 2.58. The monoisotopic (exact) mass is 431 g/mol. The molecule has 2 rings (SSSR count). The molecule has 0 aromatic heterocycles. The van der Waals surface area contributed by atoms with Gasteiger partial charge in [0.2, 0.25) is 0 Å². The van der Waals surface area contributed by atoms with Crippen LogP contribution < -0.4 is 0 Å².